The van der Waals surface area contributed by atoms with Crippen molar-refractivity contribution in [3.63, 3.8) is 0 Å². The largest absolute Gasteiger partial charge is 0.381 e. The lowest BCUT2D eigenvalue weighted by Crippen LogP contribution is -2.36. The monoisotopic (exact) mass is 269 g/mol. The summed E-state index contributed by atoms with van der Waals surface area (Å²) in [5.41, 5.74) is 0.693. The van der Waals surface area contributed by atoms with Crippen LogP contribution in [0.1, 0.15) is 13.3 Å². The third kappa shape index (κ3) is 3.03. The van der Waals surface area contributed by atoms with E-state index in [0.29, 0.717) is 16.5 Å². The van der Waals surface area contributed by atoms with E-state index in [0.717, 1.165) is 19.6 Å². The predicted molar refractivity (Wildman–Crippen MR) is 71.6 cm³/mol. The average molecular weight is 269 g/mol. The number of para-hydroxylation sites is 1. The fourth-order valence-corrected chi connectivity index (χ4v) is 3.06. The molecule has 4 nitrogen and oxygen atoms in total. The van der Waals surface area contributed by atoms with Crippen LogP contribution in [-0.2, 0) is 14.6 Å². The lowest BCUT2D eigenvalue weighted by Gasteiger charge is -2.30. The van der Waals surface area contributed by atoms with E-state index in [1.807, 2.05) is 12.1 Å². The predicted octanol–water partition coefficient (Wildman–Crippen LogP) is 1.93. The number of hydrogen-bond donors (Lipinski definition) is 1. The molecular formula is C13H19NO3S. The van der Waals surface area contributed by atoms with Crippen molar-refractivity contribution in [3.05, 3.63) is 24.3 Å². The summed E-state index contributed by atoms with van der Waals surface area (Å²) >= 11 is 0. The first-order valence-electron chi connectivity index (χ1n) is 6.12. The van der Waals surface area contributed by atoms with Crippen LogP contribution in [0.2, 0.25) is 0 Å². The Hall–Kier alpha value is -1.07. The van der Waals surface area contributed by atoms with Crippen LogP contribution in [0.3, 0.4) is 0 Å². The molecule has 0 amide bonds. The number of nitrogens with one attached hydrogen (secondary N) is 1. The molecule has 0 saturated carbocycles. The summed E-state index contributed by atoms with van der Waals surface area (Å²) in [6, 6.07) is 7.32. The van der Waals surface area contributed by atoms with E-state index in [1.165, 1.54) is 6.26 Å². The highest BCUT2D eigenvalue weighted by atomic mass is 32.2. The summed E-state index contributed by atoms with van der Waals surface area (Å²) in [4.78, 5) is 0.365. The highest BCUT2D eigenvalue weighted by molar-refractivity contribution is 7.90. The summed E-state index contributed by atoms with van der Waals surface area (Å²) in [6.07, 6.45) is 2.14. The van der Waals surface area contributed by atoms with Gasteiger partial charge >= 0.3 is 0 Å². The van der Waals surface area contributed by atoms with E-state index in [-0.39, 0.29) is 6.04 Å². The molecule has 2 atom stereocenters. The molecular weight excluding hydrogens is 250 g/mol. The molecule has 1 aliphatic rings. The summed E-state index contributed by atoms with van der Waals surface area (Å²) in [5, 5.41) is 3.35. The number of anilines is 1. The second-order valence-electron chi connectivity index (χ2n) is 4.86. The van der Waals surface area contributed by atoms with Crippen LogP contribution in [0, 0.1) is 5.92 Å². The van der Waals surface area contributed by atoms with Crippen LogP contribution in [0.4, 0.5) is 5.69 Å². The third-order valence-electron chi connectivity index (χ3n) is 3.27. The molecule has 1 aromatic rings. The van der Waals surface area contributed by atoms with Gasteiger partial charge in [0.25, 0.3) is 0 Å². The zero-order chi connectivity index (χ0) is 13.2. The Morgan fingerprint density at radius 2 is 2.06 bits per heavy atom. The van der Waals surface area contributed by atoms with E-state index in [9.17, 15) is 8.42 Å². The number of hydrogen-bond acceptors (Lipinski definition) is 4. The van der Waals surface area contributed by atoms with Gasteiger partial charge in [-0.25, -0.2) is 8.42 Å². The molecule has 100 valence electrons. The molecule has 1 aromatic carbocycles. The SMILES string of the molecule is CC1COCCC1Nc1ccccc1S(C)(=O)=O. The van der Waals surface area contributed by atoms with Crippen LogP contribution in [0.5, 0.6) is 0 Å². The maximum absolute atomic E-state index is 11.7. The van der Waals surface area contributed by atoms with Crippen molar-refractivity contribution < 1.29 is 13.2 Å². The van der Waals surface area contributed by atoms with Crippen molar-refractivity contribution >= 4 is 15.5 Å². The Bertz CT molecular complexity index is 513. The fraction of sp³-hybridized carbons (Fsp3) is 0.538. The normalized spacial score (nSPS) is 24.8. The maximum Gasteiger partial charge on any atom is 0.177 e. The Kier molecular flexibility index (Phi) is 3.92. The van der Waals surface area contributed by atoms with Crippen LogP contribution in [-0.4, -0.2) is 33.9 Å². The molecule has 0 aromatic heterocycles. The molecule has 0 bridgehead atoms. The number of ether oxygens (including phenoxy) is 1. The number of benzene rings is 1. The van der Waals surface area contributed by atoms with Crippen molar-refractivity contribution in [1.82, 2.24) is 0 Å². The van der Waals surface area contributed by atoms with Gasteiger partial charge in [-0.2, -0.15) is 0 Å². The minimum atomic E-state index is -3.20. The van der Waals surface area contributed by atoms with Crippen molar-refractivity contribution in [1.29, 1.82) is 0 Å². The van der Waals surface area contributed by atoms with Crippen LogP contribution in [0.25, 0.3) is 0 Å². The molecule has 0 radical (unpaired) electrons. The van der Waals surface area contributed by atoms with E-state index < -0.39 is 9.84 Å². The summed E-state index contributed by atoms with van der Waals surface area (Å²) in [6.45, 7) is 3.56. The van der Waals surface area contributed by atoms with Crippen molar-refractivity contribution in [2.24, 2.45) is 5.92 Å². The third-order valence-corrected chi connectivity index (χ3v) is 4.42. The molecule has 1 fully saturated rings. The standard InChI is InChI=1S/C13H19NO3S/c1-10-9-17-8-7-11(10)14-12-5-3-4-6-13(12)18(2,15)16/h3-6,10-11,14H,7-9H2,1-2H3. The van der Waals surface area contributed by atoms with Gasteiger partial charge in [0.1, 0.15) is 0 Å². The molecule has 0 aliphatic carbocycles. The van der Waals surface area contributed by atoms with E-state index >= 15 is 0 Å². The lowest BCUT2D eigenvalue weighted by atomic mass is 9.97. The zero-order valence-corrected chi connectivity index (χ0v) is 11.5. The molecule has 2 rings (SSSR count). The lowest BCUT2D eigenvalue weighted by molar-refractivity contribution is 0.0537. The molecule has 1 heterocycles. The van der Waals surface area contributed by atoms with Gasteiger partial charge in [-0.15, -0.1) is 0 Å². The van der Waals surface area contributed by atoms with Gasteiger partial charge in [0.2, 0.25) is 0 Å². The van der Waals surface area contributed by atoms with E-state index in [2.05, 4.69) is 12.2 Å². The highest BCUT2D eigenvalue weighted by Crippen LogP contribution is 2.25. The van der Waals surface area contributed by atoms with Gasteiger partial charge < -0.3 is 10.1 Å². The Balaban J connectivity index is 2.24. The topological polar surface area (TPSA) is 55.4 Å². The Labute approximate surface area is 108 Å². The summed E-state index contributed by atoms with van der Waals surface area (Å²) < 4.78 is 28.8. The van der Waals surface area contributed by atoms with Gasteiger partial charge in [-0.05, 0) is 24.5 Å². The molecule has 1 N–H and O–H groups in total. The molecule has 18 heavy (non-hydrogen) atoms. The van der Waals surface area contributed by atoms with Crippen LogP contribution in [0.15, 0.2) is 29.2 Å². The Morgan fingerprint density at radius 3 is 2.72 bits per heavy atom. The van der Waals surface area contributed by atoms with Crippen LogP contribution < -0.4 is 5.32 Å². The number of sulfone groups is 1. The van der Waals surface area contributed by atoms with Crippen molar-refractivity contribution in [3.8, 4) is 0 Å². The fourth-order valence-electron chi connectivity index (χ4n) is 2.20. The first kappa shape index (κ1) is 13.4. The first-order valence-corrected chi connectivity index (χ1v) is 8.01. The zero-order valence-electron chi connectivity index (χ0n) is 10.7. The summed E-state index contributed by atoms with van der Waals surface area (Å²) in [5.74, 6) is 0.381. The van der Waals surface area contributed by atoms with E-state index in [1.54, 1.807) is 12.1 Å². The maximum atomic E-state index is 11.7. The van der Waals surface area contributed by atoms with Gasteiger partial charge in [-0.3, -0.25) is 0 Å². The summed E-state index contributed by atoms with van der Waals surface area (Å²) in [7, 11) is -3.20. The second kappa shape index (κ2) is 5.28. The number of rotatable bonds is 3. The Morgan fingerprint density at radius 1 is 1.33 bits per heavy atom. The molecule has 1 aliphatic heterocycles. The molecule has 2 unspecified atom stereocenters. The van der Waals surface area contributed by atoms with Crippen molar-refractivity contribution in [2.45, 2.75) is 24.3 Å². The van der Waals surface area contributed by atoms with Gasteiger partial charge in [0.15, 0.2) is 9.84 Å². The van der Waals surface area contributed by atoms with Crippen LogP contribution >= 0.6 is 0 Å². The molecule has 0 spiro atoms. The molecule has 1 saturated heterocycles. The minimum Gasteiger partial charge on any atom is -0.381 e. The average Bonchev–Trinajstić information content (AvgIpc) is 2.31. The smallest absolute Gasteiger partial charge is 0.177 e. The minimum absolute atomic E-state index is 0.265. The van der Waals surface area contributed by atoms with Crippen molar-refractivity contribution in [2.75, 3.05) is 24.8 Å². The van der Waals surface area contributed by atoms with Gasteiger partial charge in [0, 0.05) is 18.9 Å². The highest BCUT2D eigenvalue weighted by Gasteiger charge is 2.23. The molecule has 5 heteroatoms. The second-order valence-corrected chi connectivity index (χ2v) is 6.84. The first-order chi connectivity index (χ1) is 8.48. The van der Waals surface area contributed by atoms with Gasteiger partial charge in [-0.1, -0.05) is 19.1 Å². The quantitative estimate of drug-likeness (QED) is 0.911. The van der Waals surface area contributed by atoms with E-state index in [4.69, 9.17) is 4.74 Å². The van der Waals surface area contributed by atoms with Gasteiger partial charge in [0.05, 0.1) is 17.2 Å².